The Morgan fingerprint density at radius 2 is 1.75 bits per heavy atom. The van der Waals surface area contributed by atoms with Crippen molar-refractivity contribution < 1.29 is 23.0 Å². The first kappa shape index (κ1) is 24.4. The molecule has 36 heavy (non-hydrogen) atoms. The van der Waals surface area contributed by atoms with Crippen LogP contribution in [-0.2, 0) is 16.7 Å². The van der Waals surface area contributed by atoms with Crippen molar-refractivity contribution in [3.63, 3.8) is 0 Å². The van der Waals surface area contributed by atoms with Gasteiger partial charge in [0.25, 0.3) is 5.91 Å². The number of amides is 1. The molecule has 1 amide bonds. The van der Waals surface area contributed by atoms with Crippen LogP contribution < -0.4 is 10.1 Å². The van der Waals surface area contributed by atoms with Crippen molar-refractivity contribution in [2.75, 3.05) is 27.3 Å². The molecular formula is C29H30F2N2O3. The summed E-state index contributed by atoms with van der Waals surface area (Å²) in [7, 11) is 3.24. The van der Waals surface area contributed by atoms with E-state index < -0.39 is 11.6 Å². The number of likely N-dealkylation sites (tertiary alicyclic amines) is 1. The van der Waals surface area contributed by atoms with Gasteiger partial charge in [-0.3, -0.25) is 9.69 Å². The molecule has 0 radical (unpaired) electrons. The van der Waals surface area contributed by atoms with Crippen LogP contribution in [0.15, 0.2) is 66.7 Å². The number of nitrogens with one attached hydrogen (secondary N) is 1. The van der Waals surface area contributed by atoms with Crippen molar-refractivity contribution >= 4 is 5.91 Å². The number of benzene rings is 3. The first-order valence-electron chi connectivity index (χ1n) is 12.2. The summed E-state index contributed by atoms with van der Waals surface area (Å²) >= 11 is 0. The molecule has 1 saturated heterocycles. The van der Waals surface area contributed by atoms with Crippen LogP contribution in [0.2, 0.25) is 0 Å². The third-order valence-electron chi connectivity index (χ3n) is 7.72. The van der Waals surface area contributed by atoms with Gasteiger partial charge in [-0.15, -0.1) is 0 Å². The second-order valence-corrected chi connectivity index (χ2v) is 9.56. The van der Waals surface area contributed by atoms with Gasteiger partial charge in [0.15, 0.2) is 0 Å². The summed E-state index contributed by atoms with van der Waals surface area (Å²) in [6.07, 6.45) is 1.29. The zero-order chi connectivity index (χ0) is 25.3. The normalized spacial score (nSPS) is 20.8. The fourth-order valence-corrected chi connectivity index (χ4v) is 5.99. The van der Waals surface area contributed by atoms with Crippen LogP contribution >= 0.6 is 0 Å². The maximum atomic E-state index is 14.2. The summed E-state index contributed by atoms with van der Waals surface area (Å²) in [6, 6.07) is 18.6. The smallest absolute Gasteiger partial charge is 0.255 e. The average molecular weight is 493 g/mol. The van der Waals surface area contributed by atoms with Crippen LogP contribution in [0.25, 0.3) is 0 Å². The number of piperidine rings is 1. The molecule has 1 aliphatic heterocycles. The van der Waals surface area contributed by atoms with Crippen LogP contribution in [-0.4, -0.2) is 44.2 Å². The van der Waals surface area contributed by atoms with E-state index >= 15 is 0 Å². The van der Waals surface area contributed by atoms with Crippen LogP contribution in [0, 0.1) is 11.6 Å². The van der Waals surface area contributed by atoms with Gasteiger partial charge in [-0.1, -0.05) is 36.4 Å². The van der Waals surface area contributed by atoms with Crippen LogP contribution in [0.4, 0.5) is 8.78 Å². The molecule has 1 spiro atoms. The molecule has 3 aromatic rings. The number of nitrogens with zero attached hydrogens (tertiary/aromatic N) is 1. The Kier molecular flexibility index (Phi) is 6.77. The third-order valence-corrected chi connectivity index (χ3v) is 7.72. The minimum absolute atomic E-state index is 0.217. The molecule has 5 rings (SSSR count). The highest BCUT2D eigenvalue weighted by Crippen LogP contribution is 2.52. The summed E-state index contributed by atoms with van der Waals surface area (Å²) in [5, 5.41) is 3.21. The van der Waals surface area contributed by atoms with Crippen LogP contribution in [0.5, 0.6) is 5.75 Å². The molecule has 5 nitrogen and oxygen atoms in total. The molecule has 1 N–H and O–H groups in total. The Hall–Kier alpha value is -3.29. The van der Waals surface area contributed by atoms with Crippen molar-refractivity contribution in [3.05, 3.63) is 101 Å². The first-order chi connectivity index (χ1) is 17.5. The lowest BCUT2D eigenvalue weighted by Crippen LogP contribution is -2.50. The quantitative estimate of drug-likeness (QED) is 0.526. The third kappa shape index (κ3) is 4.27. The van der Waals surface area contributed by atoms with E-state index in [1.165, 1.54) is 17.7 Å². The summed E-state index contributed by atoms with van der Waals surface area (Å²) in [4.78, 5) is 15.5. The molecule has 1 fully saturated rings. The van der Waals surface area contributed by atoms with Crippen molar-refractivity contribution in [2.24, 2.45) is 0 Å². The summed E-state index contributed by atoms with van der Waals surface area (Å²) in [5.74, 6) is -0.525. The van der Waals surface area contributed by atoms with Gasteiger partial charge in [0.1, 0.15) is 17.4 Å². The zero-order valence-electron chi connectivity index (χ0n) is 20.5. The number of carbonyl (C=O) groups excluding carboxylic acids is 1. The SMILES string of the molecule is COc1ccccc1C(=O)N[C@H]1c2ccccc2C2(CCN(Cc3cc(F)ccc3F)CC2)[C@@H]1OC. The molecule has 0 aromatic heterocycles. The summed E-state index contributed by atoms with van der Waals surface area (Å²) in [5.41, 5.74) is 2.78. The zero-order valence-corrected chi connectivity index (χ0v) is 20.5. The fraction of sp³-hybridized carbons (Fsp3) is 0.345. The Labute approximate surface area is 210 Å². The maximum Gasteiger partial charge on any atom is 0.255 e. The number of hydrogen-bond donors (Lipinski definition) is 1. The highest BCUT2D eigenvalue weighted by molar-refractivity contribution is 5.97. The number of para-hydroxylation sites is 1. The topological polar surface area (TPSA) is 50.8 Å². The van der Waals surface area contributed by atoms with Gasteiger partial charge in [-0.25, -0.2) is 8.78 Å². The number of hydrogen-bond acceptors (Lipinski definition) is 4. The summed E-state index contributed by atoms with van der Waals surface area (Å²) < 4.78 is 39.4. The second-order valence-electron chi connectivity index (χ2n) is 9.56. The number of rotatable bonds is 6. The van der Waals surface area contributed by atoms with E-state index in [0.29, 0.717) is 36.5 Å². The molecule has 188 valence electrons. The summed E-state index contributed by atoms with van der Waals surface area (Å²) in [6.45, 7) is 1.77. The molecular weight excluding hydrogens is 462 g/mol. The van der Waals surface area contributed by atoms with Crippen molar-refractivity contribution in [3.8, 4) is 5.75 Å². The highest BCUT2D eigenvalue weighted by Gasteiger charge is 2.54. The van der Waals surface area contributed by atoms with Gasteiger partial charge in [0, 0.05) is 24.6 Å². The highest BCUT2D eigenvalue weighted by atomic mass is 19.1. The molecule has 0 bridgehead atoms. The van der Waals surface area contributed by atoms with Gasteiger partial charge in [0.2, 0.25) is 0 Å². The van der Waals surface area contributed by atoms with E-state index in [4.69, 9.17) is 9.47 Å². The van der Waals surface area contributed by atoms with E-state index in [0.717, 1.165) is 24.5 Å². The molecule has 2 atom stereocenters. The van der Waals surface area contributed by atoms with Crippen LogP contribution in [0.3, 0.4) is 0 Å². The first-order valence-corrected chi connectivity index (χ1v) is 12.2. The Bertz CT molecular complexity index is 1260. The van der Waals surface area contributed by atoms with Gasteiger partial charge in [-0.2, -0.15) is 0 Å². The lowest BCUT2D eigenvalue weighted by Gasteiger charge is -2.44. The number of fused-ring (bicyclic) bond motifs is 2. The number of ether oxygens (including phenoxy) is 2. The molecule has 2 aliphatic rings. The standard InChI is InChI=1S/C29H30F2N2O3/c1-35-25-10-6-4-8-22(25)28(34)32-26-21-7-3-5-9-23(21)29(27(26)36-2)13-15-33(16-14-29)18-19-17-20(30)11-12-24(19)31/h3-12,17,26-27H,13-16,18H2,1-2H3,(H,32,34)/t26-,27+/m0/s1. The lowest BCUT2D eigenvalue weighted by atomic mass is 9.71. The number of halogens is 2. The lowest BCUT2D eigenvalue weighted by molar-refractivity contribution is -0.0123. The van der Waals surface area contributed by atoms with E-state index in [9.17, 15) is 13.6 Å². The molecule has 1 heterocycles. The molecule has 0 unspecified atom stereocenters. The average Bonchev–Trinajstić information content (AvgIpc) is 3.15. The fourth-order valence-electron chi connectivity index (χ4n) is 5.99. The van der Waals surface area contributed by atoms with E-state index in [2.05, 4.69) is 22.3 Å². The maximum absolute atomic E-state index is 14.2. The predicted octanol–water partition coefficient (Wildman–Crippen LogP) is 5.01. The predicted molar refractivity (Wildman–Crippen MR) is 133 cm³/mol. The Morgan fingerprint density at radius 1 is 1.03 bits per heavy atom. The van der Waals surface area contributed by atoms with E-state index in [-0.39, 0.29) is 23.5 Å². The molecule has 3 aromatic carbocycles. The van der Waals surface area contributed by atoms with E-state index in [1.54, 1.807) is 26.4 Å². The molecule has 1 aliphatic carbocycles. The minimum Gasteiger partial charge on any atom is -0.496 e. The molecule has 7 heteroatoms. The number of methoxy groups -OCH3 is 2. The largest absolute Gasteiger partial charge is 0.496 e. The Morgan fingerprint density at radius 3 is 2.50 bits per heavy atom. The van der Waals surface area contributed by atoms with Gasteiger partial charge in [-0.05, 0) is 67.4 Å². The molecule has 0 saturated carbocycles. The van der Waals surface area contributed by atoms with Gasteiger partial charge >= 0.3 is 0 Å². The van der Waals surface area contributed by atoms with Gasteiger partial charge < -0.3 is 14.8 Å². The monoisotopic (exact) mass is 492 g/mol. The van der Waals surface area contributed by atoms with Gasteiger partial charge in [0.05, 0.1) is 24.8 Å². The van der Waals surface area contributed by atoms with E-state index in [1.807, 2.05) is 24.3 Å². The van der Waals surface area contributed by atoms with Crippen molar-refractivity contribution in [2.45, 2.75) is 36.9 Å². The second kappa shape index (κ2) is 9.99. The van der Waals surface area contributed by atoms with Crippen LogP contribution in [0.1, 0.15) is 45.9 Å². The van der Waals surface area contributed by atoms with Crippen molar-refractivity contribution in [1.82, 2.24) is 10.2 Å². The minimum atomic E-state index is -0.433. The van der Waals surface area contributed by atoms with Crippen molar-refractivity contribution in [1.29, 1.82) is 0 Å². The number of carbonyl (C=O) groups is 1. The Balaban J connectivity index is 1.39.